The average Bonchev–Trinajstić information content (AvgIpc) is 3.15. The molecule has 0 atom stereocenters. The van der Waals surface area contributed by atoms with E-state index < -0.39 is 0 Å². The zero-order valence-electron chi connectivity index (χ0n) is 16.2. The van der Waals surface area contributed by atoms with E-state index in [-0.39, 0.29) is 0 Å². The molecule has 0 aliphatic carbocycles. The fraction of sp³-hybridized carbons (Fsp3) is 0.417. The zero-order chi connectivity index (χ0) is 18.5. The topological polar surface area (TPSA) is 26.3 Å². The molecule has 3 aromatic rings. The van der Waals surface area contributed by atoms with Gasteiger partial charge in [0.1, 0.15) is 22.7 Å². The highest BCUT2D eigenvalue weighted by molar-refractivity contribution is 5.97. The van der Waals surface area contributed by atoms with Crippen LogP contribution in [0.25, 0.3) is 21.9 Å². The second kappa shape index (κ2) is 8.44. The molecule has 0 aliphatic heterocycles. The van der Waals surface area contributed by atoms with Crippen molar-refractivity contribution in [1.29, 1.82) is 0 Å². The van der Waals surface area contributed by atoms with Crippen molar-refractivity contribution >= 4 is 21.9 Å². The Morgan fingerprint density at radius 3 is 1.54 bits per heavy atom. The van der Waals surface area contributed by atoms with Gasteiger partial charge in [0.05, 0.1) is 0 Å². The Hall–Kier alpha value is -2.22. The van der Waals surface area contributed by atoms with Crippen LogP contribution in [0.3, 0.4) is 0 Å². The Kier molecular flexibility index (Phi) is 6.03. The molecule has 0 spiro atoms. The van der Waals surface area contributed by atoms with E-state index in [2.05, 4.69) is 39.1 Å². The predicted molar refractivity (Wildman–Crippen MR) is 111 cm³/mol. The first-order valence-electron chi connectivity index (χ1n) is 9.93. The Labute approximate surface area is 156 Å². The molecule has 0 bridgehead atoms. The molecule has 3 rings (SSSR count). The Morgan fingerprint density at radius 2 is 1.19 bits per heavy atom. The number of unbranched alkanes of at least 4 members (excludes halogenated alkanes) is 2. The summed E-state index contributed by atoms with van der Waals surface area (Å²) in [7, 11) is 0. The summed E-state index contributed by atoms with van der Waals surface area (Å²) >= 11 is 0. The molecule has 1 aromatic carbocycles. The molecule has 2 heteroatoms. The molecule has 0 radical (unpaired) electrons. The number of furan rings is 2. The number of allylic oxidation sites excluding steroid dienone is 2. The summed E-state index contributed by atoms with van der Waals surface area (Å²) in [6, 6.07) is 4.34. The minimum atomic E-state index is 0.834. The van der Waals surface area contributed by atoms with Gasteiger partial charge in [-0.05, 0) is 37.8 Å². The lowest BCUT2D eigenvalue weighted by Crippen LogP contribution is -1.88. The quantitative estimate of drug-likeness (QED) is 0.358. The third kappa shape index (κ3) is 3.51. The lowest BCUT2D eigenvalue weighted by atomic mass is 10.0. The highest BCUT2D eigenvalue weighted by Gasteiger charge is 2.18. The molecule has 0 N–H and O–H groups in total. The van der Waals surface area contributed by atoms with Gasteiger partial charge in [0, 0.05) is 34.7 Å². The van der Waals surface area contributed by atoms with Gasteiger partial charge in [-0.15, -0.1) is 13.2 Å². The second-order valence-corrected chi connectivity index (χ2v) is 7.04. The first-order chi connectivity index (χ1) is 12.7. The van der Waals surface area contributed by atoms with Crippen LogP contribution in [0, 0.1) is 0 Å². The predicted octanol–water partition coefficient (Wildman–Crippen LogP) is 7.32. The summed E-state index contributed by atoms with van der Waals surface area (Å²) in [5.41, 5.74) is 4.46. The maximum atomic E-state index is 6.27. The average molecular weight is 351 g/mol. The van der Waals surface area contributed by atoms with Crippen molar-refractivity contribution in [3.05, 3.63) is 60.1 Å². The van der Waals surface area contributed by atoms with Gasteiger partial charge in [0.25, 0.3) is 0 Å². The second-order valence-electron chi connectivity index (χ2n) is 7.04. The summed E-state index contributed by atoms with van der Waals surface area (Å²) < 4.78 is 12.5. The molecule has 2 aromatic heterocycles. The van der Waals surface area contributed by atoms with Gasteiger partial charge in [0.15, 0.2) is 0 Å². The lowest BCUT2D eigenvalue weighted by molar-refractivity contribution is 0.530. The van der Waals surface area contributed by atoms with Crippen LogP contribution in [-0.2, 0) is 25.7 Å². The van der Waals surface area contributed by atoms with E-state index in [0.717, 1.165) is 74.1 Å². The molecule has 0 aliphatic rings. The highest BCUT2D eigenvalue weighted by Crippen LogP contribution is 2.36. The normalized spacial score (nSPS) is 11.5. The molecule has 2 nitrogen and oxygen atoms in total. The fourth-order valence-corrected chi connectivity index (χ4v) is 3.70. The van der Waals surface area contributed by atoms with E-state index in [9.17, 15) is 0 Å². The smallest absolute Gasteiger partial charge is 0.135 e. The summed E-state index contributed by atoms with van der Waals surface area (Å²) in [4.78, 5) is 0. The van der Waals surface area contributed by atoms with Crippen LogP contribution < -0.4 is 0 Å². The lowest BCUT2D eigenvalue weighted by Gasteiger charge is -1.99. The molecular weight excluding hydrogens is 320 g/mol. The van der Waals surface area contributed by atoms with Crippen LogP contribution in [0.15, 0.2) is 46.3 Å². The number of aryl methyl sites for hydroxylation is 2. The molecule has 0 amide bonds. The van der Waals surface area contributed by atoms with Crippen molar-refractivity contribution < 1.29 is 8.83 Å². The summed E-state index contributed by atoms with van der Waals surface area (Å²) in [5.74, 6) is 2.21. The number of hydrogen-bond donors (Lipinski definition) is 0. The largest absolute Gasteiger partial charge is 0.461 e. The van der Waals surface area contributed by atoms with Crippen LogP contribution in [0.5, 0.6) is 0 Å². The Morgan fingerprint density at radius 1 is 0.769 bits per heavy atom. The number of hydrogen-bond acceptors (Lipinski definition) is 2. The van der Waals surface area contributed by atoms with Crippen molar-refractivity contribution in [2.24, 2.45) is 0 Å². The molecule has 0 saturated carbocycles. The number of benzene rings is 1. The minimum absolute atomic E-state index is 0.834. The van der Waals surface area contributed by atoms with E-state index >= 15 is 0 Å². The van der Waals surface area contributed by atoms with Crippen LogP contribution in [0.4, 0.5) is 0 Å². The Bertz CT molecular complexity index is 831. The van der Waals surface area contributed by atoms with Crippen LogP contribution in [0.1, 0.15) is 62.2 Å². The van der Waals surface area contributed by atoms with Crippen LogP contribution in [-0.4, -0.2) is 0 Å². The van der Waals surface area contributed by atoms with Crippen molar-refractivity contribution in [3.8, 4) is 0 Å². The third-order valence-electron chi connectivity index (χ3n) is 5.08. The van der Waals surface area contributed by atoms with E-state index in [0.29, 0.717) is 0 Å². The zero-order valence-corrected chi connectivity index (χ0v) is 16.2. The van der Waals surface area contributed by atoms with E-state index in [4.69, 9.17) is 8.83 Å². The van der Waals surface area contributed by atoms with Gasteiger partial charge < -0.3 is 8.83 Å². The van der Waals surface area contributed by atoms with Crippen molar-refractivity contribution in [3.63, 3.8) is 0 Å². The summed E-state index contributed by atoms with van der Waals surface area (Å²) in [6.07, 6.45) is 12.2. The van der Waals surface area contributed by atoms with Crippen molar-refractivity contribution in [2.75, 3.05) is 0 Å². The first-order valence-corrected chi connectivity index (χ1v) is 9.93. The highest BCUT2D eigenvalue weighted by atomic mass is 16.3. The SMILES string of the molecule is C=CCc1c(CCCC)oc2cc3c(CC=C)c(CCCC)oc3cc12. The molecule has 138 valence electrons. The van der Waals surface area contributed by atoms with Crippen LogP contribution in [0.2, 0.25) is 0 Å². The maximum Gasteiger partial charge on any atom is 0.135 e. The summed E-state index contributed by atoms with van der Waals surface area (Å²) in [5, 5.41) is 2.34. The monoisotopic (exact) mass is 350 g/mol. The van der Waals surface area contributed by atoms with Gasteiger partial charge in [-0.25, -0.2) is 0 Å². The maximum absolute atomic E-state index is 6.27. The van der Waals surface area contributed by atoms with Gasteiger partial charge in [0.2, 0.25) is 0 Å². The number of fused-ring (bicyclic) bond motifs is 2. The molecular formula is C24H30O2. The molecule has 26 heavy (non-hydrogen) atoms. The van der Waals surface area contributed by atoms with Gasteiger partial charge in [-0.3, -0.25) is 0 Å². The van der Waals surface area contributed by atoms with Gasteiger partial charge in [-0.1, -0.05) is 38.8 Å². The Balaban J connectivity index is 2.16. The fourth-order valence-electron chi connectivity index (χ4n) is 3.70. The van der Waals surface area contributed by atoms with E-state index in [1.165, 1.54) is 21.9 Å². The van der Waals surface area contributed by atoms with E-state index in [1.54, 1.807) is 0 Å². The summed E-state index contributed by atoms with van der Waals surface area (Å²) in [6.45, 7) is 12.3. The molecule has 0 saturated heterocycles. The first kappa shape index (κ1) is 18.6. The molecule has 0 fully saturated rings. The minimum Gasteiger partial charge on any atom is -0.461 e. The third-order valence-corrected chi connectivity index (χ3v) is 5.08. The van der Waals surface area contributed by atoms with E-state index in [1.807, 2.05) is 12.2 Å². The molecule has 0 unspecified atom stereocenters. The van der Waals surface area contributed by atoms with Crippen molar-refractivity contribution in [2.45, 2.75) is 65.2 Å². The number of rotatable bonds is 10. The standard InChI is InChI=1S/C24H30O2/c1-5-9-13-21-17(11-7-3)19-15-24-20(16-23(19)25-21)18(12-8-4)22(26-24)14-10-6-2/h7-8,15-16H,3-6,9-14H2,1-2H3. The van der Waals surface area contributed by atoms with Crippen LogP contribution >= 0.6 is 0 Å². The van der Waals surface area contributed by atoms with Crippen molar-refractivity contribution in [1.82, 2.24) is 0 Å². The van der Waals surface area contributed by atoms with Gasteiger partial charge in [-0.2, -0.15) is 0 Å². The molecule has 2 heterocycles. The van der Waals surface area contributed by atoms with Gasteiger partial charge >= 0.3 is 0 Å².